The SMILES string of the molecule is C=C1/C(=C/C=C2\C=C(C#CCOC(C)=O)C[C@]3(C)[C@@H]([C@H](C)CCCC(C)(C)O)CC[C@@H]23)C[C@@H](O)C[C@@H]1O. The van der Waals surface area contributed by atoms with Crippen molar-refractivity contribution in [2.45, 2.75) is 104 Å². The summed E-state index contributed by atoms with van der Waals surface area (Å²) in [5.74, 6) is 7.43. The normalized spacial score (nSPS) is 33.0. The quantitative estimate of drug-likeness (QED) is 0.315. The van der Waals surface area contributed by atoms with Crippen LogP contribution in [0.2, 0.25) is 0 Å². The van der Waals surface area contributed by atoms with E-state index in [-0.39, 0.29) is 18.0 Å². The smallest absolute Gasteiger partial charge is 0.303 e. The zero-order valence-electron chi connectivity index (χ0n) is 23.3. The van der Waals surface area contributed by atoms with Crippen LogP contribution in [0.15, 0.2) is 47.1 Å². The molecule has 3 aliphatic carbocycles. The number of hydrogen-bond acceptors (Lipinski definition) is 5. The second-order valence-corrected chi connectivity index (χ2v) is 12.3. The Labute approximate surface area is 223 Å². The van der Waals surface area contributed by atoms with E-state index < -0.39 is 17.8 Å². The fourth-order valence-electron chi connectivity index (χ4n) is 6.81. The zero-order chi connectivity index (χ0) is 27.4. The predicted octanol–water partition coefficient (Wildman–Crippen LogP) is 5.42. The summed E-state index contributed by atoms with van der Waals surface area (Å²) in [5.41, 5.74) is 3.29. The highest BCUT2D eigenvalue weighted by Gasteiger charge is 2.50. The first-order valence-corrected chi connectivity index (χ1v) is 13.8. The number of ether oxygens (including phenoxy) is 1. The van der Waals surface area contributed by atoms with E-state index >= 15 is 0 Å². The van der Waals surface area contributed by atoms with Crippen molar-refractivity contribution >= 4 is 5.97 Å². The number of aliphatic hydroxyl groups is 3. The minimum absolute atomic E-state index is 0.0568. The summed E-state index contributed by atoms with van der Waals surface area (Å²) >= 11 is 0. The number of hydrogen-bond donors (Lipinski definition) is 3. The van der Waals surface area contributed by atoms with Gasteiger partial charge < -0.3 is 20.1 Å². The average Bonchev–Trinajstić information content (AvgIpc) is 3.14. The lowest BCUT2D eigenvalue weighted by molar-refractivity contribution is -0.139. The molecule has 0 radical (unpaired) electrons. The first-order chi connectivity index (χ1) is 17.3. The Hall–Kier alpha value is -2.13. The number of carbonyl (C=O) groups is 1. The third-order valence-electron chi connectivity index (χ3n) is 8.70. The minimum atomic E-state index is -0.705. The Balaban J connectivity index is 1.89. The minimum Gasteiger partial charge on any atom is -0.453 e. The van der Waals surface area contributed by atoms with E-state index in [1.54, 1.807) is 0 Å². The highest BCUT2D eigenvalue weighted by molar-refractivity contribution is 5.66. The maximum absolute atomic E-state index is 11.1. The third-order valence-corrected chi connectivity index (χ3v) is 8.70. The average molecular weight is 511 g/mol. The van der Waals surface area contributed by atoms with Crippen LogP contribution in [0.4, 0.5) is 0 Å². The molecule has 2 fully saturated rings. The Morgan fingerprint density at radius 3 is 2.73 bits per heavy atom. The third kappa shape index (κ3) is 7.69. The van der Waals surface area contributed by atoms with Crippen molar-refractivity contribution in [1.29, 1.82) is 0 Å². The van der Waals surface area contributed by atoms with E-state index in [9.17, 15) is 20.1 Å². The molecular formula is C32H46O5. The van der Waals surface area contributed by atoms with Crippen LogP contribution in [0.1, 0.15) is 86.0 Å². The number of rotatable bonds is 7. The molecule has 0 aromatic carbocycles. The van der Waals surface area contributed by atoms with Gasteiger partial charge in [0, 0.05) is 18.9 Å². The van der Waals surface area contributed by atoms with Crippen molar-refractivity contribution in [2.75, 3.05) is 6.61 Å². The van der Waals surface area contributed by atoms with Gasteiger partial charge in [-0.1, -0.05) is 57.3 Å². The summed E-state index contributed by atoms with van der Waals surface area (Å²) in [7, 11) is 0. The van der Waals surface area contributed by atoms with E-state index in [1.165, 1.54) is 12.5 Å². The molecule has 6 atom stereocenters. The van der Waals surface area contributed by atoms with Crippen LogP contribution in [-0.4, -0.2) is 45.7 Å². The van der Waals surface area contributed by atoms with Gasteiger partial charge in [0.25, 0.3) is 0 Å². The predicted molar refractivity (Wildman–Crippen MR) is 147 cm³/mol. The standard InChI is InChI=1S/C32H46O5/c1-21(9-7-15-31(4,5)36)28-13-14-29-26(12-11-25-18-27(34)19-30(35)22(25)2)17-24(20-32(28,29)6)10-8-16-37-23(3)33/h11-12,17,21,27-30,34-36H,2,7,9,13-16,18-20H2,1,3-6H3/b25-11+,26-12+/t21-,27-,28-,29+,30+,32-/m1/s1. The molecule has 3 aliphatic rings. The van der Waals surface area contributed by atoms with Gasteiger partial charge in [0.1, 0.15) is 0 Å². The van der Waals surface area contributed by atoms with E-state index in [4.69, 9.17) is 4.74 Å². The molecule has 0 unspecified atom stereocenters. The van der Waals surface area contributed by atoms with Crippen molar-refractivity contribution in [2.24, 2.45) is 23.2 Å². The first-order valence-electron chi connectivity index (χ1n) is 13.8. The lowest BCUT2D eigenvalue weighted by atomic mass is 9.61. The van der Waals surface area contributed by atoms with Gasteiger partial charge in [-0.15, -0.1) is 0 Å². The summed E-state index contributed by atoms with van der Waals surface area (Å²) in [6.07, 6.45) is 12.0. The van der Waals surface area contributed by atoms with Crippen LogP contribution in [0.3, 0.4) is 0 Å². The summed E-state index contributed by atoms with van der Waals surface area (Å²) in [4.78, 5) is 11.1. The second kappa shape index (κ2) is 12.2. The van der Waals surface area contributed by atoms with Crippen molar-refractivity contribution in [3.63, 3.8) is 0 Å². The van der Waals surface area contributed by atoms with E-state index in [2.05, 4.69) is 44.4 Å². The fourth-order valence-corrected chi connectivity index (χ4v) is 6.81. The number of aliphatic hydroxyl groups excluding tert-OH is 2. The van der Waals surface area contributed by atoms with Gasteiger partial charge >= 0.3 is 5.97 Å². The number of allylic oxidation sites excluding steroid dienone is 5. The molecule has 204 valence electrons. The maximum Gasteiger partial charge on any atom is 0.303 e. The van der Waals surface area contributed by atoms with Crippen LogP contribution < -0.4 is 0 Å². The molecule has 2 saturated carbocycles. The molecule has 0 bridgehead atoms. The second-order valence-electron chi connectivity index (χ2n) is 12.3. The number of esters is 1. The monoisotopic (exact) mass is 510 g/mol. The number of fused-ring (bicyclic) bond motifs is 1. The summed E-state index contributed by atoms with van der Waals surface area (Å²) in [5, 5.41) is 30.6. The summed E-state index contributed by atoms with van der Waals surface area (Å²) in [6.45, 7) is 14.0. The van der Waals surface area contributed by atoms with Gasteiger partial charge in [-0.3, -0.25) is 4.79 Å². The van der Waals surface area contributed by atoms with Gasteiger partial charge in [-0.2, -0.15) is 0 Å². The van der Waals surface area contributed by atoms with Crippen molar-refractivity contribution in [1.82, 2.24) is 0 Å². The summed E-state index contributed by atoms with van der Waals surface area (Å²) in [6, 6.07) is 0. The van der Waals surface area contributed by atoms with Crippen LogP contribution >= 0.6 is 0 Å². The van der Waals surface area contributed by atoms with Gasteiger partial charge in [0.2, 0.25) is 0 Å². The first kappa shape index (κ1) is 29.4. The van der Waals surface area contributed by atoms with Gasteiger partial charge in [0.05, 0.1) is 17.8 Å². The number of carbonyl (C=O) groups excluding carboxylic acids is 1. The molecule has 0 spiro atoms. The zero-order valence-corrected chi connectivity index (χ0v) is 23.3. The Morgan fingerprint density at radius 2 is 2.05 bits per heavy atom. The molecule has 0 heterocycles. The Kier molecular flexibility index (Phi) is 9.67. The molecule has 0 aromatic rings. The van der Waals surface area contributed by atoms with E-state index in [1.807, 2.05) is 19.9 Å². The Morgan fingerprint density at radius 1 is 1.32 bits per heavy atom. The van der Waals surface area contributed by atoms with Crippen molar-refractivity contribution < 1.29 is 24.9 Å². The van der Waals surface area contributed by atoms with Gasteiger partial charge in [-0.05, 0) is 91.9 Å². The molecule has 37 heavy (non-hydrogen) atoms. The molecule has 0 amide bonds. The fraction of sp³-hybridized carbons (Fsp3) is 0.656. The van der Waals surface area contributed by atoms with Crippen molar-refractivity contribution in [3.05, 3.63) is 47.1 Å². The van der Waals surface area contributed by atoms with Crippen LogP contribution in [0.5, 0.6) is 0 Å². The molecule has 5 nitrogen and oxygen atoms in total. The highest BCUT2D eigenvalue weighted by Crippen LogP contribution is 2.59. The summed E-state index contributed by atoms with van der Waals surface area (Å²) < 4.78 is 5.02. The molecule has 3 rings (SSSR count). The van der Waals surface area contributed by atoms with Crippen LogP contribution in [0, 0.1) is 35.0 Å². The molecule has 0 aliphatic heterocycles. The highest BCUT2D eigenvalue weighted by atomic mass is 16.5. The topological polar surface area (TPSA) is 87.0 Å². The Bertz CT molecular complexity index is 1010. The van der Waals surface area contributed by atoms with E-state index in [0.717, 1.165) is 49.7 Å². The molecule has 5 heteroatoms. The molecule has 0 aromatic heterocycles. The van der Waals surface area contributed by atoms with Gasteiger partial charge in [0.15, 0.2) is 6.61 Å². The molecule has 0 saturated heterocycles. The largest absolute Gasteiger partial charge is 0.453 e. The molecular weight excluding hydrogens is 464 g/mol. The molecule has 3 N–H and O–H groups in total. The van der Waals surface area contributed by atoms with Gasteiger partial charge in [-0.25, -0.2) is 0 Å². The van der Waals surface area contributed by atoms with Crippen molar-refractivity contribution in [3.8, 4) is 11.8 Å². The lowest BCUT2D eigenvalue weighted by Gasteiger charge is -2.43. The van der Waals surface area contributed by atoms with Crippen LogP contribution in [-0.2, 0) is 9.53 Å². The van der Waals surface area contributed by atoms with E-state index in [0.29, 0.717) is 36.2 Å². The van der Waals surface area contributed by atoms with Crippen LogP contribution in [0.25, 0.3) is 0 Å². The maximum atomic E-state index is 11.1. The lowest BCUT2D eigenvalue weighted by Crippen LogP contribution is -2.36.